The summed E-state index contributed by atoms with van der Waals surface area (Å²) in [7, 11) is 0. The van der Waals surface area contributed by atoms with Gasteiger partial charge < -0.3 is 9.80 Å². The number of hydrogen-bond donors (Lipinski definition) is 0. The van der Waals surface area contributed by atoms with Crippen LogP contribution in [0.15, 0.2) is 42.6 Å². The molecule has 1 atom stereocenters. The molecule has 32 heavy (non-hydrogen) atoms. The van der Waals surface area contributed by atoms with Crippen LogP contribution < -0.4 is 4.90 Å². The molecule has 0 N–H and O–H groups in total. The van der Waals surface area contributed by atoms with Gasteiger partial charge in [0.25, 0.3) is 5.91 Å². The summed E-state index contributed by atoms with van der Waals surface area (Å²) in [5.74, 6) is 1.22. The highest BCUT2D eigenvalue weighted by atomic mass is 16.2. The third-order valence-corrected chi connectivity index (χ3v) is 6.70. The van der Waals surface area contributed by atoms with E-state index in [0.29, 0.717) is 17.6 Å². The first-order valence-electron chi connectivity index (χ1n) is 11.9. The van der Waals surface area contributed by atoms with E-state index >= 15 is 0 Å². The Labute approximate surface area is 189 Å². The number of benzene rings is 1. The van der Waals surface area contributed by atoms with Gasteiger partial charge in [-0.1, -0.05) is 12.1 Å². The smallest absolute Gasteiger partial charge is 0.272 e. The Bertz CT molecular complexity index is 1110. The molecule has 1 amide bonds. The van der Waals surface area contributed by atoms with Crippen molar-refractivity contribution in [3.05, 3.63) is 59.5 Å². The van der Waals surface area contributed by atoms with Crippen molar-refractivity contribution in [2.45, 2.75) is 45.4 Å². The first kappa shape index (κ1) is 20.9. The average molecular weight is 430 g/mol. The van der Waals surface area contributed by atoms with E-state index in [1.165, 1.54) is 30.2 Å². The van der Waals surface area contributed by atoms with Gasteiger partial charge in [0.05, 0.1) is 5.52 Å². The van der Waals surface area contributed by atoms with Crippen molar-refractivity contribution in [2.75, 3.05) is 31.1 Å². The van der Waals surface area contributed by atoms with E-state index < -0.39 is 0 Å². The molecular formula is C26H31N5O. The van der Waals surface area contributed by atoms with Crippen LogP contribution in [0.1, 0.15) is 53.8 Å². The number of amides is 1. The minimum atomic E-state index is 0.0428. The molecular weight excluding hydrogens is 398 g/mol. The second kappa shape index (κ2) is 9.23. The van der Waals surface area contributed by atoms with Gasteiger partial charge in [-0.15, -0.1) is 0 Å². The first-order valence-corrected chi connectivity index (χ1v) is 11.9. The highest BCUT2D eigenvalue weighted by Crippen LogP contribution is 2.24. The van der Waals surface area contributed by atoms with E-state index in [1.54, 1.807) is 0 Å². The molecule has 0 aliphatic carbocycles. The van der Waals surface area contributed by atoms with Crippen LogP contribution in [0, 0.1) is 12.8 Å². The minimum Gasteiger partial charge on any atom is -0.341 e. The summed E-state index contributed by atoms with van der Waals surface area (Å²) in [4.78, 5) is 31.3. The Morgan fingerprint density at radius 1 is 1.03 bits per heavy atom. The molecule has 0 bridgehead atoms. The van der Waals surface area contributed by atoms with Crippen molar-refractivity contribution < 1.29 is 4.79 Å². The van der Waals surface area contributed by atoms with Crippen LogP contribution in [0.5, 0.6) is 0 Å². The summed E-state index contributed by atoms with van der Waals surface area (Å²) in [6, 6.07) is 12.4. The van der Waals surface area contributed by atoms with Gasteiger partial charge >= 0.3 is 0 Å². The second-order valence-corrected chi connectivity index (χ2v) is 9.24. The zero-order chi connectivity index (χ0) is 21.9. The summed E-state index contributed by atoms with van der Waals surface area (Å²) in [5.41, 5.74) is 3.74. The number of aromatic nitrogens is 3. The van der Waals surface area contributed by atoms with Gasteiger partial charge in [-0.25, -0.2) is 9.97 Å². The van der Waals surface area contributed by atoms with Crippen LogP contribution in [-0.2, 0) is 6.42 Å². The van der Waals surface area contributed by atoms with Gasteiger partial charge in [0.15, 0.2) is 0 Å². The number of fused-ring (bicyclic) bond motifs is 1. The highest BCUT2D eigenvalue weighted by molar-refractivity contribution is 5.92. The van der Waals surface area contributed by atoms with E-state index in [1.807, 2.05) is 30.2 Å². The predicted molar refractivity (Wildman–Crippen MR) is 127 cm³/mol. The third kappa shape index (κ3) is 4.59. The number of rotatable bonds is 4. The standard InChI is InChI=1S/C26H31N5O/c1-19-15-24(29-26(28-19)30-12-3-2-4-13-30)25(32)31-14-6-7-21(18-31)16-20-9-10-23-22(17-20)8-5-11-27-23/h5,8-11,15,17,21H,2-4,6-7,12-14,16,18H2,1H3/t21-/m0/s1. The lowest BCUT2D eigenvalue weighted by Crippen LogP contribution is -2.41. The fourth-order valence-electron chi connectivity index (χ4n) is 5.06. The number of piperidine rings is 2. The molecule has 0 spiro atoms. The van der Waals surface area contributed by atoms with Gasteiger partial charge in [-0.2, -0.15) is 0 Å². The molecule has 166 valence electrons. The zero-order valence-electron chi connectivity index (χ0n) is 18.8. The summed E-state index contributed by atoms with van der Waals surface area (Å²) < 4.78 is 0. The van der Waals surface area contributed by atoms with Crippen molar-refractivity contribution >= 4 is 22.8 Å². The molecule has 2 fully saturated rings. The lowest BCUT2D eigenvalue weighted by Gasteiger charge is -2.33. The summed E-state index contributed by atoms with van der Waals surface area (Å²) in [5, 5.41) is 1.18. The molecule has 0 saturated carbocycles. The van der Waals surface area contributed by atoms with E-state index in [4.69, 9.17) is 4.98 Å². The molecule has 2 aromatic heterocycles. The molecule has 0 radical (unpaired) electrons. The molecule has 6 heteroatoms. The molecule has 1 aromatic carbocycles. The Balaban J connectivity index is 1.29. The molecule has 4 heterocycles. The molecule has 2 aliphatic heterocycles. The van der Waals surface area contributed by atoms with Crippen molar-refractivity contribution in [2.24, 2.45) is 5.92 Å². The lowest BCUT2D eigenvalue weighted by atomic mass is 9.90. The van der Waals surface area contributed by atoms with Gasteiger partial charge in [0.1, 0.15) is 5.69 Å². The zero-order valence-corrected chi connectivity index (χ0v) is 18.8. The second-order valence-electron chi connectivity index (χ2n) is 9.24. The number of carbonyl (C=O) groups excluding carboxylic acids is 1. The van der Waals surface area contributed by atoms with Gasteiger partial charge in [0.2, 0.25) is 5.95 Å². The van der Waals surface area contributed by atoms with Crippen molar-refractivity contribution in [3.63, 3.8) is 0 Å². The van der Waals surface area contributed by atoms with E-state index in [-0.39, 0.29) is 5.91 Å². The maximum Gasteiger partial charge on any atom is 0.272 e. The highest BCUT2D eigenvalue weighted by Gasteiger charge is 2.26. The van der Waals surface area contributed by atoms with Crippen LogP contribution in [-0.4, -0.2) is 51.9 Å². The van der Waals surface area contributed by atoms with Crippen molar-refractivity contribution in [3.8, 4) is 0 Å². The molecule has 2 aliphatic rings. The van der Waals surface area contributed by atoms with Crippen LogP contribution in [0.3, 0.4) is 0 Å². The molecule has 6 nitrogen and oxygen atoms in total. The Morgan fingerprint density at radius 3 is 2.78 bits per heavy atom. The number of likely N-dealkylation sites (tertiary alicyclic amines) is 1. The van der Waals surface area contributed by atoms with Crippen molar-refractivity contribution in [1.82, 2.24) is 19.9 Å². The third-order valence-electron chi connectivity index (χ3n) is 6.70. The van der Waals surface area contributed by atoms with Crippen LogP contribution >= 0.6 is 0 Å². The number of carbonyl (C=O) groups is 1. The normalized spacial score (nSPS) is 19.3. The average Bonchev–Trinajstić information content (AvgIpc) is 2.84. The number of hydrogen-bond acceptors (Lipinski definition) is 5. The van der Waals surface area contributed by atoms with Crippen molar-refractivity contribution in [1.29, 1.82) is 0 Å². The first-order chi connectivity index (χ1) is 15.7. The summed E-state index contributed by atoms with van der Waals surface area (Å²) in [6.07, 6.45) is 8.59. The Kier molecular flexibility index (Phi) is 6.02. The molecule has 3 aromatic rings. The summed E-state index contributed by atoms with van der Waals surface area (Å²) >= 11 is 0. The van der Waals surface area contributed by atoms with Crippen LogP contribution in [0.2, 0.25) is 0 Å². The van der Waals surface area contributed by atoms with Gasteiger partial charge in [0, 0.05) is 43.5 Å². The number of anilines is 1. The fraction of sp³-hybridized carbons (Fsp3) is 0.462. The SMILES string of the molecule is Cc1cc(C(=O)N2CCC[C@@H](Cc3ccc4ncccc4c3)C2)nc(N2CCCCC2)n1. The monoisotopic (exact) mass is 429 g/mol. The Morgan fingerprint density at radius 2 is 1.91 bits per heavy atom. The molecule has 0 unspecified atom stereocenters. The number of nitrogens with zero attached hydrogens (tertiary/aromatic N) is 5. The fourth-order valence-corrected chi connectivity index (χ4v) is 5.06. The largest absolute Gasteiger partial charge is 0.341 e. The number of aryl methyl sites for hydroxylation is 1. The molecule has 5 rings (SSSR count). The maximum absolute atomic E-state index is 13.4. The maximum atomic E-state index is 13.4. The van der Waals surface area contributed by atoms with Gasteiger partial charge in [-0.05, 0) is 81.2 Å². The van der Waals surface area contributed by atoms with E-state index in [9.17, 15) is 4.79 Å². The van der Waals surface area contributed by atoms with Crippen LogP contribution in [0.4, 0.5) is 5.95 Å². The number of pyridine rings is 1. The Hall–Kier alpha value is -3.02. The summed E-state index contributed by atoms with van der Waals surface area (Å²) in [6.45, 7) is 5.50. The van der Waals surface area contributed by atoms with Gasteiger partial charge in [-0.3, -0.25) is 9.78 Å². The van der Waals surface area contributed by atoms with Crippen LogP contribution in [0.25, 0.3) is 10.9 Å². The topological polar surface area (TPSA) is 62.2 Å². The lowest BCUT2D eigenvalue weighted by molar-refractivity contribution is 0.0667. The minimum absolute atomic E-state index is 0.0428. The molecule has 2 saturated heterocycles. The van der Waals surface area contributed by atoms with E-state index in [2.05, 4.69) is 39.1 Å². The van der Waals surface area contributed by atoms with E-state index in [0.717, 1.165) is 56.7 Å². The predicted octanol–water partition coefficient (Wildman–Crippen LogP) is 4.42. The quantitative estimate of drug-likeness (QED) is 0.614.